The van der Waals surface area contributed by atoms with Gasteiger partial charge in [-0.05, 0) is 33.6 Å². The highest BCUT2D eigenvalue weighted by Gasteiger charge is 2.10. The van der Waals surface area contributed by atoms with Crippen LogP contribution in [-0.2, 0) is 6.54 Å². The number of carbonyl (C=O) groups excluding carboxylic acids is 1. The van der Waals surface area contributed by atoms with E-state index in [2.05, 4.69) is 21.2 Å². The van der Waals surface area contributed by atoms with E-state index >= 15 is 0 Å². The van der Waals surface area contributed by atoms with Crippen LogP contribution in [0.5, 0.6) is 0 Å². The summed E-state index contributed by atoms with van der Waals surface area (Å²) < 4.78 is 0.635. The molecule has 0 aromatic heterocycles. The molecule has 92 valence electrons. The largest absolute Gasteiger partial charge is 0.398 e. The van der Waals surface area contributed by atoms with Crippen molar-refractivity contribution in [3.05, 3.63) is 64.1 Å². The summed E-state index contributed by atoms with van der Waals surface area (Å²) in [6, 6.07) is 15.0. The zero-order valence-corrected chi connectivity index (χ0v) is 11.3. The van der Waals surface area contributed by atoms with Crippen LogP contribution < -0.4 is 11.1 Å². The van der Waals surface area contributed by atoms with Crippen LogP contribution in [0.4, 0.5) is 5.69 Å². The third-order valence-electron chi connectivity index (χ3n) is 2.57. The predicted octanol–water partition coefficient (Wildman–Crippen LogP) is 2.96. The van der Waals surface area contributed by atoms with Gasteiger partial charge < -0.3 is 11.1 Å². The van der Waals surface area contributed by atoms with Gasteiger partial charge in [-0.15, -0.1) is 0 Å². The Kier molecular flexibility index (Phi) is 3.99. The number of carbonyl (C=O) groups is 1. The molecule has 0 fully saturated rings. The summed E-state index contributed by atoms with van der Waals surface area (Å²) in [7, 11) is 0. The molecule has 1 amide bonds. The number of hydrogen-bond acceptors (Lipinski definition) is 2. The fourth-order valence-electron chi connectivity index (χ4n) is 1.60. The quantitative estimate of drug-likeness (QED) is 0.857. The standard InChI is InChI=1S/C14H13BrN2O/c15-13-11(7-4-8-12(13)16)14(18)17-9-10-5-2-1-3-6-10/h1-8H,9,16H2,(H,17,18). The minimum absolute atomic E-state index is 0.141. The third kappa shape index (κ3) is 2.90. The average molecular weight is 305 g/mol. The van der Waals surface area contributed by atoms with Crippen LogP contribution in [0.2, 0.25) is 0 Å². The molecule has 0 saturated heterocycles. The Hall–Kier alpha value is -1.81. The molecule has 0 saturated carbocycles. The Bertz CT molecular complexity index is 555. The summed E-state index contributed by atoms with van der Waals surface area (Å²) in [5.41, 5.74) is 7.90. The van der Waals surface area contributed by atoms with Gasteiger partial charge in [0.2, 0.25) is 0 Å². The van der Waals surface area contributed by atoms with E-state index in [0.29, 0.717) is 22.3 Å². The molecule has 2 rings (SSSR count). The van der Waals surface area contributed by atoms with E-state index in [0.717, 1.165) is 5.56 Å². The Balaban J connectivity index is 2.07. The number of nitrogen functional groups attached to an aromatic ring is 1. The van der Waals surface area contributed by atoms with Crippen LogP contribution in [-0.4, -0.2) is 5.91 Å². The Morgan fingerprint density at radius 2 is 1.83 bits per heavy atom. The van der Waals surface area contributed by atoms with Crippen molar-refractivity contribution in [1.82, 2.24) is 5.32 Å². The molecule has 2 aromatic carbocycles. The minimum Gasteiger partial charge on any atom is -0.398 e. The van der Waals surface area contributed by atoms with Crippen LogP contribution in [0.15, 0.2) is 53.0 Å². The third-order valence-corrected chi connectivity index (χ3v) is 3.45. The molecule has 0 unspecified atom stereocenters. The van der Waals surface area contributed by atoms with E-state index in [1.807, 2.05) is 30.3 Å². The first kappa shape index (κ1) is 12.6. The molecule has 0 aliphatic heterocycles. The first-order valence-corrected chi connectivity index (χ1v) is 6.34. The number of nitrogens with one attached hydrogen (secondary N) is 1. The number of halogens is 1. The lowest BCUT2D eigenvalue weighted by atomic mass is 10.1. The molecule has 0 aliphatic carbocycles. The van der Waals surface area contributed by atoms with Crippen LogP contribution in [0.1, 0.15) is 15.9 Å². The zero-order chi connectivity index (χ0) is 13.0. The first-order chi connectivity index (χ1) is 8.68. The number of rotatable bonds is 3. The van der Waals surface area contributed by atoms with Gasteiger partial charge in [-0.3, -0.25) is 4.79 Å². The SMILES string of the molecule is Nc1cccc(C(=O)NCc2ccccc2)c1Br. The van der Waals surface area contributed by atoms with E-state index in [1.165, 1.54) is 0 Å². The first-order valence-electron chi connectivity index (χ1n) is 5.54. The molecule has 2 aromatic rings. The van der Waals surface area contributed by atoms with Gasteiger partial charge in [-0.25, -0.2) is 0 Å². The molecule has 18 heavy (non-hydrogen) atoms. The molecule has 4 heteroatoms. The molecule has 0 spiro atoms. The summed E-state index contributed by atoms with van der Waals surface area (Å²) in [5, 5.41) is 2.86. The summed E-state index contributed by atoms with van der Waals surface area (Å²) in [4.78, 5) is 12.0. The van der Waals surface area contributed by atoms with E-state index in [1.54, 1.807) is 18.2 Å². The Morgan fingerprint density at radius 3 is 2.56 bits per heavy atom. The Labute approximate surface area is 114 Å². The molecule has 0 bridgehead atoms. The second kappa shape index (κ2) is 5.69. The summed E-state index contributed by atoms with van der Waals surface area (Å²) in [5.74, 6) is -0.141. The summed E-state index contributed by atoms with van der Waals surface area (Å²) >= 11 is 3.32. The maximum absolute atomic E-state index is 12.0. The molecular formula is C14H13BrN2O. The van der Waals surface area contributed by atoms with E-state index in [4.69, 9.17) is 5.73 Å². The molecular weight excluding hydrogens is 292 g/mol. The van der Waals surface area contributed by atoms with Crippen molar-refractivity contribution in [2.75, 3.05) is 5.73 Å². The van der Waals surface area contributed by atoms with Gasteiger partial charge in [0.05, 0.1) is 10.0 Å². The van der Waals surface area contributed by atoms with Crippen molar-refractivity contribution in [1.29, 1.82) is 0 Å². The van der Waals surface area contributed by atoms with Crippen LogP contribution >= 0.6 is 15.9 Å². The Morgan fingerprint density at radius 1 is 1.11 bits per heavy atom. The van der Waals surface area contributed by atoms with Crippen LogP contribution in [0.25, 0.3) is 0 Å². The van der Waals surface area contributed by atoms with E-state index < -0.39 is 0 Å². The highest BCUT2D eigenvalue weighted by molar-refractivity contribution is 9.10. The number of hydrogen-bond donors (Lipinski definition) is 2. The lowest BCUT2D eigenvalue weighted by Crippen LogP contribution is -2.23. The molecule has 0 heterocycles. The fraction of sp³-hybridized carbons (Fsp3) is 0.0714. The molecule has 0 aliphatic rings. The van der Waals surface area contributed by atoms with Gasteiger partial charge in [0.15, 0.2) is 0 Å². The maximum Gasteiger partial charge on any atom is 0.252 e. The van der Waals surface area contributed by atoms with Gasteiger partial charge in [0.1, 0.15) is 0 Å². The topological polar surface area (TPSA) is 55.1 Å². The van der Waals surface area contributed by atoms with Crippen molar-refractivity contribution in [2.24, 2.45) is 0 Å². The molecule has 3 nitrogen and oxygen atoms in total. The van der Waals surface area contributed by atoms with Crippen molar-refractivity contribution in [2.45, 2.75) is 6.54 Å². The van der Waals surface area contributed by atoms with Crippen molar-refractivity contribution < 1.29 is 4.79 Å². The van der Waals surface area contributed by atoms with Crippen molar-refractivity contribution >= 4 is 27.5 Å². The maximum atomic E-state index is 12.0. The highest BCUT2D eigenvalue weighted by atomic mass is 79.9. The highest BCUT2D eigenvalue weighted by Crippen LogP contribution is 2.23. The van der Waals surface area contributed by atoms with Crippen molar-refractivity contribution in [3.63, 3.8) is 0 Å². The van der Waals surface area contributed by atoms with Gasteiger partial charge in [-0.2, -0.15) is 0 Å². The van der Waals surface area contributed by atoms with Crippen LogP contribution in [0, 0.1) is 0 Å². The van der Waals surface area contributed by atoms with E-state index in [9.17, 15) is 4.79 Å². The lowest BCUT2D eigenvalue weighted by Gasteiger charge is -2.08. The predicted molar refractivity (Wildman–Crippen MR) is 76.2 cm³/mol. The number of anilines is 1. The van der Waals surface area contributed by atoms with Gasteiger partial charge in [0, 0.05) is 12.2 Å². The average Bonchev–Trinajstić information content (AvgIpc) is 2.40. The van der Waals surface area contributed by atoms with Gasteiger partial charge in [-0.1, -0.05) is 36.4 Å². The number of nitrogens with two attached hydrogens (primary N) is 1. The molecule has 0 atom stereocenters. The number of benzene rings is 2. The summed E-state index contributed by atoms with van der Waals surface area (Å²) in [6.45, 7) is 0.501. The zero-order valence-electron chi connectivity index (χ0n) is 9.69. The molecule has 3 N–H and O–H groups in total. The monoisotopic (exact) mass is 304 g/mol. The minimum atomic E-state index is -0.141. The van der Waals surface area contributed by atoms with Crippen molar-refractivity contribution in [3.8, 4) is 0 Å². The smallest absolute Gasteiger partial charge is 0.252 e. The number of amides is 1. The second-order valence-electron chi connectivity index (χ2n) is 3.88. The normalized spacial score (nSPS) is 10.1. The fourth-order valence-corrected chi connectivity index (χ4v) is 2.04. The summed E-state index contributed by atoms with van der Waals surface area (Å²) in [6.07, 6.45) is 0. The van der Waals surface area contributed by atoms with Crippen LogP contribution in [0.3, 0.4) is 0 Å². The molecule has 0 radical (unpaired) electrons. The second-order valence-corrected chi connectivity index (χ2v) is 4.67. The van der Waals surface area contributed by atoms with E-state index in [-0.39, 0.29) is 5.91 Å². The lowest BCUT2D eigenvalue weighted by molar-refractivity contribution is 0.0950. The van der Waals surface area contributed by atoms with Gasteiger partial charge >= 0.3 is 0 Å². The van der Waals surface area contributed by atoms with Gasteiger partial charge in [0.25, 0.3) is 5.91 Å².